The molecule has 0 fully saturated rings. The highest BCUT2D eigenvalue weighted by Crippen LogP contribution is 2.35. The molecule has 0 radical (unpaired) electrons. The van der Waals surface area contributed by atoms with Crippen LogP contribution in [0.15, 0.2) is 42.5 Å². The van der Waals surface area contributed by atoms with Crippen LogP contribution < -0.4 is 19.1 Å². The number of anilines is 1. The zero-order valence-corrected chi connectivity index (χ0v) is 22.4. The number of sulfonamides is 1. The quantitative estimate of drug-likeness (QED) is 0.474. The van der Waals surface area contributed by atoms with Gasteiger partial charge in [-0.3, -0.25) is 13.9 Å². The SMILES string of the molecule is CC[C@H](C)NC(=O)[C@H](C)N(Cc1ccc(F)cc1)C(=O)CN(c1ccc2c(c1)OCCO2)S(=O)(=O)CC. The maximum atomic E-state index is 13.7. The number of ether oxygens (including phenoxy) is 2. The number of carbonyl (C=O) groups is 2. The molecule has 9 nitrogen and oxygen atoms in total. The van der Waals surface area contributed by atoms with Crippen LogP contribution in [-0.4, -0.2) is 62.7 Å². The molecule has 2 atom stereocenters. The molecular formula is C26H34FN3O6S. The van der Waals surface area contributed by atoms with Gasteiger partial charge in [-0.15, -0.1) is 0 Å². The summed E-state index contributed by atoms with van der Waals surface area (Å²) in [4.78, 5) is 27.9. The molecule has 1 heterocycles. The standard InChI is InChI=1S/C26H34FN3O6S/c1-5-18(3)28-26(32)19(4)29(16-20-7-9-21(27)10-8-20)25(31)17-30(37(33,34)6-2)22-11-12-23-24(15-22)36-14-13-35-23/h7-12,15,18-19H,5-6,13-14,16-17H2,1-4H3,(H,28,32)/t18-,19-/m0/s1. The van der Waals surface area contributed by atoms with Crippen LogP contribution in [0.1, 0.15) is 39.7 Å². The molecule has 1 N–H and O–H groups in total. The third kappa shape index (κ3) is 7.12. The van der Waals surface area contributed by atoms with E-state index in [1.54, 1.807) is 19.1 Å². The molecule has 202 valence electrons. The van der Waals surface area contributed by atoms with Gasteiger partial charge >= 0.3 is 0 Å². The molecule has 0 saturated carbocycles. The van der Waals surface area contributed by atoms with Crippen LogP contribution in [-0.2, 0) is 26.2 Å². The maximum absolute atomic E-state index is 13.7. The summed E-state index contributed by atoms with van der Waals surface area (Å²) in [5.41, 5.74) is 0.847. The van der Waals surface area contributed by atoms with E-state index in [2.05, 4.69) is 5.32 Å². The van der Waals surface area contributed by atoms with Crippen molar-refractivity contribution in [2.24, 2.45) is 0 Å². The van der Waals surface area contributed by atoms with Gasteiger partial charge in [-0.1, -0.05) is 19.1 Å². The molecule has 0 aliphatic carbocycles. The van der Waals surface area contributed by atoms with E-state index in [4.69, 9.17) is 9.47 Å². The van der Waals surface area contributed by atoms with Crippen LogP contribution >= 0.6 is 0 Å². The topological polar surface area (TPSA) is 105 Å². The fourth-order valence-corrected chi connectivity index (χ4v) is 4.80. The summed E-state index contributed by atoms with van der Waals surface area (Å²) in [5.74, 6) is -0.739. The number of hydrogen-bond acceptors (Lipinski definition) is 6. The molecule has 0 saturated heterocycles. The van der Waals surface area contributed by atoms with Gasteiger partial charge in [0.25, 0.3) is 0 Å². The first-order valence-corrected chi connectivity index (χ1v) is 13.9. The molecule has 2 amide bonds. The highest BCUT2D eigenvalue weighted by Gasteiger charge is 2.32. The van der Waals surface area contributed by atoms with Crippen LogP contribution in [0.5, 0.6) is 11.5 Å². The second-order valence-corrected chi connectivity index (χ2v) is 11.1. The van der Waals surface area contributed by atoms with Crippen molar-refractivity contribution in [1.82, 2.24) is 10.2 Å². The van der Waals surface area contributed by atoms with E-state index in [1.165, 1.54) is 42.2 Å². The van der Waals surface area contributed by atoms with E-state index in [9.17, 15) is 22.4 Å². The van der Waals surface area contributed by atoms with Gasteiger partial charge in [0, 0.05) is 18.7 Å². The minimum Gasteiger partial charge on any atom is -0.486 e. The van der Waals surface area contributed by atoms with Crippen LogP contribution in [0, 0.1) is 5.82 Å². The molecule has 0 aromatic heterocycles. The normalized spacial score (nSPS) is 14.4. The summed E-state index contributed by atoms with van der Waals surface area (Å²) in [5, 5.41) is 2.87. The number of amides is 2. The molecular weight excluding hydrogens is 501 g/mol. The Morgan fingerprint density at radius 2 is 1.68 bits per heavy atom. The van der Waals surface area contributed by atoms with Crippen molar-refractivity contribution in [2.45, 2.75) is 52.7 Å². The van der Waals surface area contributed by atoms with Crippen molar-refractivity contribution in [3.63, 3.8) is 0 Å². The van der Waals surface area contributed by atoms with Crippen molar-refractivity contribution in [2.75, 3.05) is 29.8 Å². The van der Waals surface area contributed by atoms with E-state index in [0.29, 0.717) is 36.7 Å². The Kier molecular flexibility index (Phi) is 9.36. The monoisotopic (exact) mass is 535 g/mol. The Balaban J connectivity index is 1.94. The van der Waals surface area contributed by atoms with Gasteiger partial charge in [-0.25, -0.2) is 12.8 Å². The Morgan fingerprint density at radius 1 is 1.03 bits per heavy atom. The Morgan fingerprint density at radius 3 is 2.30 bits per heavy atom. The van der Waals surface area contributed by atoms with Crippen molar-refractivity contribution in [1.29, 1.82) is 0 Å². The first kappa shape index (κ1) is 28.2. The molecule has 1 aliphatic rings. The molecule has 2 aromatic carbocycles. The minimum atomic E-state index is -3.88. The first-order chi connectivity index (χ1) is 17.6. The molecule has 2 aromatic rings. The molecule has 0 bridgehead atoms. The van der Waals surface area contributed by atoms with E-state index in [-0.39, 0.29) is 29.9 Å². The number of nitrogens with zero attached hydrogens (tertiary/aromatic N) is 2. The Labute approximate surface area is 217 Å². The van der Waals surface area contributed by atoms with Gasteiger partial charge in [-0.05, 0) is 57.0 Å². The van der Waals surface area contributed by atoms with Crippen LogP contribution in [0.4, 0.5) is 10.1 Å². The number of hydrogen-bond donors (Lipinski definition) is 1. The molecule has 3 rings (SSSR count). The van der Waals surface area contributed by atoms with Crippen molar-refractivity contribution in [3.05, 3.63) is 53.8 Å². The number of halogens is 1. The molecule has 0 unspecified atom stereocenters. The van der Waals surface area contributed by atoms with Crippen molar-refractivity contribution < 1.29 is 31.9 Å². The number of nitrogens with one attached hydrogen (secondary N) is 1. The third-order valence-electron chi connectivity index (χ3n) is 6.23. The molecule has 1 aliphatic heterocycles. The highest BCUT2D eigenvalue weighted by atomic mass is 32.2. The molecule has 11 heteroatoms. The smallest absolute Gasteiger partial charge is 0.244 e. The van der Waals surface area contributed by atoms with Gasteiger partial charge in [0.2, 0.25) is 21.8 Å². The lowest BCUT2D eigenvalue weighted by Gasteiger charge is -2.32. The lowest BCUT2D eigenvalue weighted by atomic mass is 10.1. The van der Waals surface area contributed by atoms with Crippen LogP contribution in [0.25, 0.3) is 0 Å². The molecule has 37 heavy (non-hydrogen) atoms. The van der Waals surface area contributed by atoms with Gasteiger partial charge in [-0.2, -0.15) is 0 Å². The third-order valence-corrected chi connectivity index (χ3v) is 7.97. The lowest BCUT2D eigenvalue weighted by Crippen LogP contribution is -2.52. The zero-order valence-electron chi connectivity index (χ0n) is 21.6. The Hall–Kier alpha value is -3.34. The van der Waals surface area contributed by atoms with E-state index < -0.39 is 34.3 Å². The number of carbonyl (C=O) groups excluding carboxylic acids is 2. The average molecular weight is 536 g/mol. The second kappa shape index (κ2) is 12.3. The highest BCUT2D eigenvalue weighted by molar-refractivity contribution is 7.92. The summed E-state index contributed by atoms with van der Waals surface area (Å²) >= 11 is 0. The lowest BCUT2D eigenvalue weighted by molar-refractivity contribution is -0.139. The predicted molar refractivity (Wildman–Crippen MR) is 139 cm³/mol. The van der Waals surface area contributed by atoms with Crippen LogP contribution in [0.3, 0.4) is 0 Å². The van der Waals surface area contributed by atoms with E-state index >= 15 is 0 Å². The second-order valence-electron chi connectivity index (χ2n) is 8.88. The number of benzene rings is 2. The number of fused-ring (bicyclic) bond motifs is 1. The fraction of sp³-hybridized carbons (Fsp3) is 0.462. The summed E-state index contributed by atoms with van der Waals surface area (Å²) in [6, 6.07) is 9.26. The maximum Gasteiger partial charge on any atom is 0.244 e. The number of rotatable bonds is 11. The average Bonchev–Trinajstić information content (AvgIpc) is 2.90. The largest absolute Gasteiger partial charge is 0.486 e. The minimum absolute atomic E-state index is 0.00461. The summed E-state index contributed by atoms with van der Waals surface area (Å²) in [7, 11) is -3.88. The first-order valence-electron chi connectivity index (χ1n) is 12.3. The summed E-state index contributed by atoms with van der Waals surface area (Å²) < 4.78 is 51.7. The van der Waals surface area contributed by atoms with Crippen LogP contribution in [0.2, 0.25) is 0 Å². The zero-order chi connectivity index (χ0) is 27.2. The van der Waals surface area contributed by atoms with Gasteiger partial charge in [0.05, 0.1) is 11.4 Å². The Bertz CT molecular complexity index is 1210. The van der Waals surface area contributed by atoms with Crippen molar-refractivity contribution in [3.8, 4) is 11.5 Å². The van der Waals surface area contributed by atoms with Gasteiger partial charge in [0.15, 0.2) is 11.5 Å². The predicted octanol–water partition coefficient (Wildman–Crippen LogP) is 3.09. The summed E-state index contributed by atoms with van der Waals surface area (Å²) in [6.45, 7) is 7.03. The summed E-state index contributed by atoms with van der Waals surface area (Å²) in [6.07, 6.45) is 0.705. The van der Waals surface area contributed by atoms with Gasteiger partial charge < -0.3 is 19.7 Å². The molecule has 0 spiro atoms. The van der Waals surface area contributed by atoms with E-state index in [1.807, 2.05) is 13.8 Å². The van der Waals surface area contributed by atoms with Gasteiger partial charge in [0.1, 0.15) is 31.6 Å². The fourth-order valence-electron chi connectivity index (χ4n) is 3.74. The van der Waals surface area contributed by atoms with E-state index in [0.717, 1.165) is 4.31 Å². The van der Waals surface area contributed by atoms with Crippen molar-refractivity contribution >= 4 is 27.5 Å².